The van der Waals surface area contributed by atoms with Crippen LogP contribution >= 0.6 is 0 Å². The van der Waals surface area contributed by atoms with E-state index < -0.39 is 11.5 Å². The molecule has 1 atom stereocenters. The Morgan fingerprint density at radius 1 is 1.24 bits per heavy atom. The highest BCUT2D eigenvalue weighted by molar-refractivity contribution is 5.78. The minimum absolute atomic E-state index is 0.606. The molecule has 0 aliphatic carbocycles. The second-order valence-corrected chi connectivity index (χ2v) is 4.63. The molecule has 0 aliphatic rings. The summed E-state index contributed by atoms with van der Waals surface area (Å²) in [5.41, 5.74) is -0.815. The summed E-state index contributed by atoms with van der Waals surface area (Å²) < 4.78 is 5.43. The van der Waals surface area contributed by atoms with Crippen molar-refractivity contribution in [2.75, 3.05) is 19.8 Å². The molecule has 0 amide bonds. The van der Waals surface area contributed by atoms with Gasteiger partial charge in [-0.2, -0.15) is 0 Å². The van der Waals surface area contributed by atoms with Crippen molar-refractivity contribution in [2.24, 2.45) is 0 Å². The van der Waals surface area contributed by atoms with Gasteiger partial charge in [-0.25, -0.2) is 0 Å². The predicted octanol–water partition coefficient (Wildman–Crippen LogP) is 2.43. The monoisotopic (exact) mass is 245 g/mol. The number of ether oxygens (including phenoxy) is 1. The molecule has 0 spiro atoms. The van der Waals surface area contributed by atoms with Crippen LogP contribution in [-0.4, -0.2) is 36.4 Å². The van der Waals surface area contributed by atoms with Gasteiger partial charge in [0.1, 0.15) is 5.54 Å². The molecule has 17 heavy (non-hydrogen) atoms. The highest BCUT2D eigenvalue weighted by atomic mass is 16.5. The van der Waals surface area contributed by atoms with Crippen molar-refractivity contribution < 1.29 is 14.6 Å². The van der Waals surface area contributed by atoms with E-state index in [2.05, 4.69) is 12.2 Å². The van der Waals surface area contributed by atoms with Gasteiger partial charge in [0.25, 0.3) is 0 Å². The first-order valence-corrected chi connectivity index (χ1v) is 6.63. The number of aliphatic carboxylic acids is 1. The van der Waals surface area contributed by atoms with Gasteiger partial charge in [0.05, 0.1) is 0 Å². The van der Waals surface area contributed by atoms with E-state index in [1.54, 1.807) is 6.92 Å². The lowest BCUT2D eigenvalue weighted by Crippen LogP contribution is -2.49. The van der Waals surface area contributed by atoms with Gasteiger partial charge in [0, 0.05) is 13.2 Å². The van der Waals surface area contributed by atoms with E-state index in [1.165, 1.54) is 0 Å². The van der Waals surface area contributed by atoms with Crippen LogP contribution in [0.1, 0.15) is 52.9 Å². The van der Waals surface area contributed by atoms with Gasteiger partial charge in [-0.15, -0.1) is 0 Å². The van der Waals surface area contributed by atoms with E-state index in [1.807, 2.05) is 6.92 Å². The third kappa shape index (κ3) is 7.34. The molecule has 0 aromatic rings. The van der Waals surface area contributed by atoms with Crippen molar-refractivity contribution in [1.29, 1.82) is 0 Å². The van der Waals surface area contributed by atoms with Gasteiger partial charge >= 0.3 is 5.97 Å². The van der Waals surface area contributed by atoms with E-state index in [-0.39, 0.29) is 0 Å². The predicted molar refractivity (Wildman–Crippen MR) is 69.3 cm³/mol. The molecule has 0 rings (SSSR count). The minimum atomic E-state index is -0.815. The summed E-state index contributed by atoms with van der Waals surface area (Å²) in [6, 6.07) is 0. The number of hydrogen-bond donors (Lipinski definition) is 2. The molecule has 0 radical (unpaired) electrons. The van der Waals surface area contributed by atoms with Crippen LogP contribution < -0.4 is 5.32 Å². The van der Waals surface area contributed by atoms with Crippen molar-refractivity contribution in [3.63, 3.8) is 0 Å². The summed E-state index contributed by atoms with van der Waals surface area (Å²) in [5, 5.41) is 12.3. The van der Waals surface area contributed by atoms with Crippen LogP contribution in [0.4, 0.5) is 0 Å². The SMILES string of the molecule is CCCCOCCCC(C)(NCCC)C(=O)O. The number of carbonyl (C=O) groups is 1. The van der Waals surface area contributed by atoms with Gasteiger partial charge in [-0.3, -0.25) is 4.79 Å². The number of carboxylic acid groups (broad SMARTS) is 1. The normalized spacial score (nSPS) is 14.5. The lowest BCUT2D eigenvalue weighted by Gasteiger charge is -2.26. The summed E-state index contributed by atoms with van der Waals surface area (Å²) in [4.78, 5) is 11.2. The average molecular weight is 245 g/mol. The zero-order valence-corrected chi connectivity index (χ0v) is 11.4. The van der Waals surface area contributed by atoms with Crippen LogP contribution in [0.5, 0.6) is 0 Å². The number of carboxylic acids is 1. The molecule has 0 saturated carbocycles. The summed E-state index contributed by atoms with van der Waals surface area (Å²) in [7, 11) is 0. The highest BCUT2D eigenvalue weighted by Crippen LogP contribution is 2.13. The summed E-state index contributed by atoms with van der Waals surface area (Å²) >= 11 is 0. The molecule has 0 aromatic heterocycles. The Balaban J connectivity index is 3.81. The fourth-order valence-electron chi connectivity index (χ4n) is 1.55. The Morgan fingerprint density at radius 2 is 1.88 bits per heavy atom. The Labute approximate surface area is 105 Å². The van der Waals surface area contributed by atoms with Crippen LogP contribution in [0.15, 0.2) is 0 Å². The van der Waals surface area contributed by atoms with Crippen LogP contribution in [-0.2, 0) is 9.53 Å². The molecule has 4 nitrogen and oxygen atoms in total. The Morgan fingerprint density at radius 3 is 2.41 bits per heavy atom. The smallest absolute Gasteiger partial charge is 0.323 e. The summed E-state index contributed by atoms with van der Waals surface area (Å²) in [6.07, 6.45) is 4.53. The molecule has 1 unspecified atom stereocenters. The quantitative estimate of drug-likeness (QED) is 0.549. The topological polar surface area (TPSA) is 58.6 Å². The third-order valence-corrected chi connectivity index (χ3v) is 2.84. The van der Waals surface area contributed by atoms with Crippen LogP contribution in [0.3, 0.4) is 0 Å². The third-order valence-electron chi connectivity index (χ3n) is 2.84. The zero-order chi connectivity index (χ0) is 13.1. The number of nitrogens with one attached hydrogen (secondary N) is 1. The molecule has 0 heterocycles. The first-order valence-electron chi connectivity index (χ1n) is 6.63. The Bertz CT molecular complexity index is 209. The van der Waals surface area contributed by atoms with Gasteiger partial charge < -0.3 is 15.2 Å². The zero-order valence-electron chi connectivity index (χ0n) is 11.4. The van der Waals surface area contributed by atoms with E-state index >= 15 is 0 Å². The minimum Gasteiger partial charge on any atom is -0.480 e. The molecule has 2 N–H and O–H groups in total. The van der Waals surface area contributed by atoms with Crippen molar-refractivity contribution in [3.05, 3.63) is 0 Å². The average Bonchev–Trinajstić information content (AvgIpc) is 2.31. The molecule has 0 aliphatic heterocycles. The maximum absolute atomic E-state index is 11.2. The highest BCUT2D eigenvalue weighted by Gasteiger charge is 2.31. The van der Waals surface area contributed by atoms with E-state index in [0.717, 1.165) is 38.8 Å². The molecule has 0 bridgehead atoms. The van der Waals surface area contributed by atoms with Gasteiger partial charge in [0.2, 0.25) is 0 Å². The Kier molecular flexibility index (Phi) is 9.09. The van der Waals surface area contributed by atoms with Gasteiger partial charge in [-0.1, -0.05) is 20.3 Å². The maximum Gasteiger partial charge on any atom is 0.323 e. The van der Waals surface area contributed by atoms with Crippen molar-refractivity contribution >= 4 is 5.97 Å². The van der Waals surface area contributed by atoms with E-state index in [9.17, 15) is 9.90 Å². The maximum atomic E-state index is 11.2. The van der Waals surface area contributed by atoms with E-state index in [4.69, 9.17) is 4.74 Å². The lowest BCUT2D eigenvalue weighted by atomic mass is 9.96. The lowest BCUT2D eigenvalue weighted by molar-refractivity contribution is -0.144. The molecule has 0 aromatic carbocycles. The number of hydrogen-bond acceptors (Lipinski definition) is 3. The second kappa shape index (κ2) is 9.42. The van der Waals surface area contributed by atoms with Crippen molar-refractivity contribution in [2.45, 2.75) is 58.4 Å². The number of unbranched alkanes of at least 4 members (excludes halogenated alkanes) is 1. The molecular formula is C13H27NO3. The fraction of sp³-hybridized carbons (Fsp3) is 0.923. The van der Waals surface area contributed by atoms with Crippen LogP contribution in [0.25, 0.3) is 0 Å². The summed E-state index contributed by atoms with van der Waals surface area (Å²) in [6.45, 7) is 8.07. The van der Waals surface area contributed by atoms with E-state index in [0.29, 0.717) is 13.0 Å². The molecule has 0 fully saturated rings. The van der Waals surface area contributed by atoms with Gasteiger partial charge in [0.15, 0.2) is 0 Å². The standard InChI is InChI=1S/C13H27NO3/c1-4-6-10-17-11-7-8-13(3,12(15)16)14-9-5-2/h14H,4-11H2,1-3H3,(H,15,16). The molecular weight excluding hydrogens is 218 g/mol. The van der Waals surface area contributed by atoms with Crippen molar-refractivity contribution in [1.82, 2.24) is 5.32 Å². The first kappa shape index (κ1) is 16.4. The molecule has 0 saturated heterocycles. The largest absolute Gasteiger partial charge is 0.480 e. The Hall–Kier alpha value is -0.610. The van der Waals surface area contributed by atoms with Crippen molar-refractivity contribution in [3.8, 4) is 0 Å². The van der Waals surface area contributed by atoms with Crippen LogP contribution in [0.2, 0.25) is 0 Å². The molecule has 4 heteroatoms. The van der Waals surface area contributed by atoms with Crippen LogP contribution in [0, 0.1) is 0 Å². The van der Waals surface area contributed by atoms with Gasteiger partial charge in [-0.05, 0) is 39.2 Å². The first-order chi connectivity index (χ1) is 8.06. The number of rotatable bonds is 11. The molecule has 102 valence electrons. The summed E-state index contributed by atoms with van der Waals surface area (Å²) in [5.74, 6) is -0.778. The second-order valence-electron chi connectivity index (χ2n) is 4.63. The fourth-order valence-corrected chi connectivity index (χ4v) is 1.55.